The van der Waals surface area contributed by atoms with Gasteiger partial charge in [0.2, 0.25) is 0 Å². The number of carbonyl (C=O) groups is 2. The zero-order valence-electron chi connectivity index (χ0n) is 22.3. The number of hydrogen-bond donors (Lipinski definition) is 2. The van der Waals surface area contributed by atoms with Crippen molar-refractivity contribution in [2.24, 2.45) is 5.92 Å². The van der Waals surface area contributed by atoms with E-state index in [0.717, 1.165) is 77.0 Å². The van der Waals surface area contributed by atoms with Crippen LogP contribution in [0.25, 0.3) is 0 Å². The highest BCUT2D eigenvalue weighted by molar-refractivity contribution is 7.92. The van der Waals surface area contributed by atoms with Crippen molar-refractivity contribution < 1.29 is 36.6 Å². The Morgan fingerprint density at radius 2 is 0.750 bits per heavy atom. The summed E-state index contributed by atoms with van der Waals surface area (Å²) in [6.07, 6.45) is 14.6. The predicted molar refractivity (Wildman–Crippen MR) is 145 cm³/mol. The van der Waals surface area contributed by atoms with Crippen molar-refractivity contribution in [2.75, 3.05) is 23.0 Å². The Labute approximate surface area is 219 Å². The van der Waals surface area contributed by atoms with Crippen LogP contribution in [-0.2, 0) is 29.3 Å². The summed E-state index contributed by atoms with van der Waals surface area (Å²) in [7, 11) is -6.53. The van der Waals surface area contributed by atoms with Gasteiger partial charge in [-0.05, 0) is 31.6 Å². The van der Waals surface area contributed by atoms with Crippen LogP contribution in [0.2, 0.25) is 0 Å². The van der Waals surface area contributed by atoms with Crippen molar-refractivity contribution in [2.45, 2.75) is 122 Å². The SMILES string of the molecule is CC(CS(=O)(=O)CCCCCCCCCCC(=O)O)CS(=O)(=O)CCCCCCCCCCC(=O)O. The monoisotopic (exact) mass is 554 g/mol. The summed E-state index contributed by atoms with van der Waals surface area (Å²) >= 11 is 0. The lowest BCUT2D eigenvalue weighted by atomic mass is 10.1. The molecule has 0 atom stereocenters. The minimum absolute atomic E-state index is 0.0856. The lowest BCUT2D eigenvalue weighted by Crippen LogP contribution is -2.24. The Kier molecular flexibility index (Phi) is 20.2. The largest absolute Gasteiger partial charge is 0.481 e. The second-order valence-electron chi connectivity index (χ2n) is 10.3. The van der Waals surface area contributed by atoms with Gasteiger partial charge in [-0.2, -0.15) is 0 Å². The first-order valence-corrected chi connectivity index (χ1v) is 17.4. The molecular weight excluding hydrogens is 504 g/mol. The number of unbranched alkanes of at least 4 members (excludes halogenated alkanes) is 14. The molecule has 0 aliphatic rings. The zero-order valence-corrected chi connectivity index (χ0v) is 23.9. The Bertz CT molecular complexity index is 725. The third kappa shape index (κ3) is 24.5. The quantitative estimate of drug-likeness (QED) is 0.131. The van der Waals surface area contributed by atoms with E-state index in [1.165, 1.54) is 0 Å². The fourth-order valence-corrected chi connectivity index (χ4v) is 8.14. The molecule has 0 saturated heterocycles. The molecule has 0 rings (SSSR count). The van der Waals surface area contributed by atoms with E-state index < -0.39 is 37.5 Å². The van der Waals surface area contributed by atoms with Crippen molar-refractivity contribution in [1.82, 2.24) is 0 Å². The highest BCUT2D eigenvalue weighted by atomic mass is 32.2. The third-order valence-electron chi connectivity index (χ3n) is 6.27. The minimum atomic E-state index is -3.27. The molecule has 0 aromatic carbocycles. The van der Waals surface area contributed by atoms with Gasteiger partial charge < -0.3 is 10.2 Å². The van der Waals surface area contributed by atoms with Gasteiger partial charge in [0.25, 0.3) is 0 Å². The van der Waals surface area contributed by atoms with Crippen LogP contribution in [0.3, 0.4) is 0 Å². The first kappa shape index (κ1) is 34.8. The maximum atomic E-state index is 12.4. The van der Waals surface area contributed by atoms with Gasteiger partial charge in [0.15, 0.2) is 19.7 Å². The predicted octanol–water partition coefficient (Wildman–Crippen LogP) is 5.64. The van der Waals surface area contributed by atoms with E-state index in [0.29, 0.717) is 25.7 Å². The van der Waals surface area contributed by atoms with Crippen molar-refractivity contribution in [3.63, 3.8) is 0 Å². The average Bonchev–Trinajstić information content (AvgIpc) is 2.74. The fraction of sp³-hybridized carbons (Fsp3) is 0.923. The number of aliphatic carboxylic acids is 2. The molecule has 36 heavy (non-hydrogen) atoms. The molecule has 2 N–H and O–H groups in total. The summed E-state index contributed by atoms with van der Waals surface area (Å²) in [5, 5.41) is 17.2. The normalized spacial score (nSPS) is 12.3. The molecule has 0 aromatic rings. The van der Waals surface area contributed by atoms with Crippen LogP contribution < -0.4 is 0 Å². The molecule has 0 heterocycles. The topological polar surface area (TPSA) is 143 Å². The second kappa shape index (κ2) is 20.8. The minimum Gasteiger partial charge on any atom is -0.481 e. The molecule has 0 amide bonds. The van der Waals surface area contributed by atoms with Gasteiger partial charge >= 0.3 is 11.9 Å². The summed E-state index contributed by atoms with van der Waals surface area (Å²) in [6, 6.07) is 0. The van der Waals surface area contributed by atoms with E-state index in [4.69, 9.17) is 10.2 Å². The van der Waals surface area contributed by atoms with Crippen molar-refractivity contribution in [3.8, 4) is 0 Å². The molecule has 0 aromatic heterocycles. The third-order valence-corrected chi connectivity index (χ3v) is 10.2. The summed E-state index contributed by atoms with van der Waals surface area (Å²) in [4.78, 5) is 20.9. The molecular formula is C26H50O8S2. The van der Waals surface area contributed by atoms with E-state index in [1.807, 2.05) is 0 Å². The first-order valence-electron chi connectivity index (χ1n) is 13.8. The molecule has 0 spiro atoms. The highest BCUT2D eigenvalue weighted by Gasteiger charge is 2.21. The van der Waals surface area contributed by atoms with E-state index in [2.05, 4.69) is 0 Å². The zero-order chi connectivity index (χ0) is 27.3. The molecule has 0 bridgehead atoms. The molecule has 0 aliphatic carbocycles. The molecule has 0 radical (unpaired) electrons. The van der Waals surface area contributed by atoms with E-state index >= 15 is 0 Å². The van der Waals surface area contributed by atoms with Gasteiger partial charge in [0.1, 0.15) is 0 Å². The van der Waals surface area contributed by atoms with E-state index in [9.17, 15) is 26.4 Å². The van der Waals surface area contributed by atoms with Crippen LogP contribution in [0.5, 0.6) is 0 Å². The maximum absolute atomic E-state index is 12.4. The van der Waals surface area contributed by atoms with E-state index in [-0.39, 0.29) is 35.9 Å². The molecule has 214 valence electrons. The summed E-state index contributed by atoms with van der Waals surface area (Å²) < 4.78 is 49.5. The van der Waals surface area contributed by atoms with Crippen molar-refractivity contribution in [1.29, 1.82) is 0 Å². The van der Waals surface area contributed by atoms with Gasteiger partial charge in [0.05, 0.1) is 23.0 Å². The van der Waals surface area contributed by atoms with Gasteiger partial charge in [-0.3, -0.25) is 9.59 Å². The number of carboxylic acid groups (broad SMARTS) is 2. The number of rotatable bonds is 26. The van der Waals surface area contributed by atoms with Gasteiger partial charge in [0, 0.05) is 12.8 Å². The van der Waals surface area contributed by atoms with Crippen molar-refractivity contribution in [3.05, 3.63) is 0 Å². The maximum Gasteiger partial charge on any atom is 0.303 e. The Morgan fingerprint density at radius 3 is 1.03 bits per heavy atom. The van der Waals surface area contributed by atoms with E-state index in [1.54, 1.807) is 6.92 Å². The van der Waals surface area contributed by atoms with Crippen LogP contribution in [-0.4, -0.2) is 62.0 Å². The number of sulfone groups is 2. The highest BCUT2D eigenvalue weighted by Crippen LogP contribution is 2.14. The van der Waals surface area contributed by atoms with Crippen LogP contribution in [0.1, 0.15) is 122 Å². The van der Waals surface area contributed by atoms with Gasteiger partial charge in [-0.15, -0.1) is 0 Å². The smallest absolute Gasteiger partial charge is 0.303 e. The van der Waals surface area contributed by atoms with Crippen LogP contribution >= 0.6 is 0 Å². The lowest BCUT2D eigenvalue weighted by Gasteiger charge is -2.13. The fourth-order valence-electron chi connectivity index (χ4n) is 4.40. The van der Waals surface area contributed by atoms with Crippen LogP contribution in [0.15, 0.2) is 0 Å². The Balaban J connectivity index is 3.83. The lowest BCUT2D eigenvalue weighted by molar-refractivity contribution is -0.138. The molecule has 10 heteroatoms. The first-order chi connectivity index (χ1) is 16.9. The van der Waals surface area contributed by atoms with Crippen molar-refractivity contribution >= 4 is 31.6 Å². The average molecular weight is 555 g/mol. The summed E-state index contributed by atoms with van der Waals surface area (Å²) in [6.45, 7) is 1.70. The Hall–Kier alpha value is -1.16. The molecule has 8 nitrogen and oxygen atoms in total. The molecule has 0 fully saturated rings. The number of carboxylic acids is 2. The molecule has 0 unspecified atom stereocenters. The van der Waals surface area contributed by atoms with Crippen LogP contribution in [0, 0.1) is 5.92 Å². The molecule has 0 saturated carbocycles. The Morgan fingerprint density at radius 1 is 0.500 bits per heavy atom. The van der Waals surface area contributed by atoms with Gasteiger partial charge in [-0.1, -0.05) is 84.0 Å². The second-order valence-corrected chi connectivity index (χ2v) is 14.7. The van der Waals surface area contributed by atoms with Crippen LogP contribution in [0.4, 0.5) is 0 Å². The summed E-state index contributed by atoms with van der Waals surface area (Å²) in [5.74, 6) is -1.88. The number of hydrogen-bond acceptors (Lipinski definition) is 6. The summed E-state index contributed by atoms with van der Waals surface area (Å²) in [5.41, 5.74) is 0. The standard InChI is InChI=1S/C26H50O8S2/c1-24(22-35(31,32)20-16-12-8-4-2-6-10-14-18-25(27)28)23-36(33,34)21-17-13-9-5-3-7-11-15-19-26(29)30/h24H,2-23H2,1H3,(H,27,28)(H,29,30). The van der Waals surface area contributed by atoms with Gasteiger partial charge in [-0.25, -0.2) is 16.8 Å². The molecule has 0 aliphatic heterocycles.